The summed E-state index contributed by atoms with van der Waals surface area (Å²) in [6.45, 7) is 7.26. The molecule has 1 atom stereocenters. The molecule has 0 radical (unpaired) electrons. The number of ether oxygens (including phenoxy) is 1. The van der Waals surface area contributed by atoms with Gasteiger partial charge in [0.15, 0.2) is 0 Å². The highest BCUT2D eigenvalue weighted by Crippen LogP contribution is 2.18. The number of hydrogen-bond donors (Lipinski definition) is 0. The van der Waals surface area contributed by atoms with Gasteiger partial charge in [-0.3, -0.25) is 4.79 Å². The molecule has 0 aromatic heterocycles. The third-order valence-corrected chi connectivity index (χ3v) is 4.28. The minimum absolute atomic E-state index is 0.108. The number of carbonyl (C=O) groups is 1. The van der Waals surface area contributed by atoms with E-state index in [1.165, 1.54) is 0 Å². The lowest BCUT2D eigenvalue weighted by molar-refractivity contribution is -0.130. The first-order chi connectivity index (χ1) is 8.95. The molecule has 1 unspecified atom stereocenters. The van der Waals surface area contributed by atoms with E-state index in [0.717, 1.165) is 11.3 Å². The second-order valence-electron chi connectivity index (χ2n) is 4.92. The minimum atomic E-state index is -0.132. The molecule has 1 rings (SSSR count). The number of nitrogens with zero attached hydrogens (tertiary/aromatic N) is 1. The Bertz CT molecular complexity index is 420. The van der Waals surface area contributed by atoms with E-state index in [2.05, 4.69) is 15.9 Å². The summed E-state index contributed by atoms with van der Waals surface area (Å²) in [5, 5.41) is 0. The molecular formula is C15H22BrNO2. The Labute approximate surface area is 124 Å². The predicted molar refractivity (Wildman–Crippen MR) is 81.6 cm³/mol. The van der Waals surface area contributed by atoms with E-state index >= 15 is 0 Å². The standard InChI is InChI=1S/C15H22BrNO2/c1-5-19-13-8-6-7-12(9-13)10-17(4)15(18)14(16)11(2)3/h6-9,11,14H,5,10H2,1-4H3. The van der Waals surface area contributed by atoms with Crippen molar-refractivity contribution in [1.29, 1.82) is 0 Å². The molecule has 19 heavy (non-hydrogen) atoms. The van der Waals surface area contributed by atoms with E-state index in [-0.39, 0.29) is 16.7 Å². The van der Waals surface area contributed by atoms with Crippen molar-refractivity contribution < 1.29 is 9.53 Å². The van der Waals surface area contributed by atoms with E-state index < -0.39 is 0 Å². The summed E-state index contributed by atoms with van der Waals surface area (Å²) in [6.07, 6.45) is 0. The number of hydrogen-bond acceptors (Lipinski definition) is 2. The van der Waals surface area contributed by atoms with E-state index in [1.807, 2.05) is 52.1 Å². The van der Waals surface area contributed by atoms with Crippen molar-refractivity contribution >= 4 is 21.8 Å². The van der Waals surface area contributed by atoms with Gasteiger partial charge in [-0.05, 0) is 30.5 Å². The smallest absolute Gasteiger partial charge is 0.236 e. The van der Waals surface area contributed by atoms with Crippen LogP contribution in [0.25, 0.3) is 0 Å². The van der Waals surface area contributed by atoms with Crippen molar-refractivity contribution in [3.63, 3.8) is 0 Å². The average molecular weight is 328 g/mol. The monoisotopic (exact) mass is 327 g/mol. The zero-order valence-corrected chi connectivity index (χ0v) is 13.6. The molecule has 1 amide bonds. The van der Waals surface area contributed by atoms with Crippen molar-refractivity contribution in [2.45, 2.75) is 32.1 Å². The summed E-state index contributed by atoms with van der Waals surface area (Å²) in [6, 6.07) is 7.86. The summed E-state index contributed by atoms with van der Waals surface area (Å²) in [5.41, 5.74) is 1.07. The summed E-state index contributed by atoms with van der Waals surface area (Å²) in [4.78, 5) is 13.8. The Hall–Kier alpha value is -1.03. The molecule has 3 nitrogen and oxygen atoms in total. The lowest BCUT2D eigenvalue weighted by atomic mass is 10.1. The maximum Gasteiger partial charge on any atom is 0.236 e. The number of carbonyl (C=O) groups excluding carboxylic acids is 1. The van der Waals surface area contributed by atoms with Gasteiger partial charge in [0.05, 0.1) is 11.4 Å². The van der Waals surface area contributed by atoms with Crippen molar-refractivity contribution in [3.8, 4) is 5.75 Å². The number of amides is 1. The van der Waals surface area contributed by atoms with Crippen LogP contribution >= 0.6 is 15.9 Å². The molecule has 0 bridgehead atoms. The van der Waals surface area contributed by atoms with E-state index in [1.54, 1.807) is 4.90 Å². The normalized spacial score (nSPS) is 12.3. The molecule has 0 aliphatic heterocycles. The van der Waals surface area contributed by atoms with Crippen molar-refractivity contribution in [3.05, 3.63) is 29.8 Å². The lowest BCUT2D eigenvalue weighted by Crippen LogP contribution is -2.35. The Morgan fingerprint density at radius 2 is 2.11 bits per heavy atom. The SMILES string of the molecule is CCOc1cccc(CN(C)C(=O)C(Br)C(C)C)c1. The number of rotatable bonds is 6. The fourth-order valence-electron chi connectivity index (χ4n) is 1.75. The van der Waals surface area contributed by atoms with Gasteiger partial charge in [-0.2, -0.15) is 0 Å². The van der Waals surface area contributed by atoms with Crippen LogP contribution in [0.15, 0.2) is 24.3 Å². The van der Waals surface area contributed by atoms with Crippen molar-refractivity contribution in [1.82, 2.24) is 4.90 Å². The van der Waals surface area contributed by atoms with Gasteiger partial charge in [0, 0.05) is 13.6 Å². The zero-order chi connectivity index (χ0) is 14.4. The molecule has 0 aliphatic carbocycles. The lowest BCUT2D eigenvalue weighted by Gasteiger charge is -2.22. The minimum Gasteiger partial charge on any atom is -0.494 e. The molecule has 0 saturated heterocycles. The first kappa shape index (κ1) is 16.0. The van der Waals surface area contributed by atoms with Crippen molar-refractivity contribution in [2.24, 2.45) is 5.92 Å². The van der Waals surface area contributed by atoms with Gasteiger partial charge in [0.25, 0.3) is 0 Å². The first-order valence-corrected chi connectivity index (χ1v) is 7.48. The molecule has 106 valence electrons. The van der Waals surface area contributed by atoms with Gasteiger partial charge in [-0.15, -0.1) is 0 Å². The average Bonchev–Trinajstić information content (AvgIpc) is 2.37. The second-order valence-corrected chi connectivity index (χ2v) is 5.91. The summed E-state index contributed by atoms with van der Waals surface area (Å²) in [5.74, 6) is 1.24. The largest absolute Gasteiger partial charge is 0.494 e. The number of benzene rings is 1. The van der Waals surface area contributed by atoms with Crippen LogP contribution in [0.1, 0.15) is 26.3 Å². The van der Waals surface area contributed by atoms with Crippen LogP contribution < -0.4 is 4.74 Å². The molecule has 4 heteroatoms. The van der Waals surface area contributed by atoms with Crippen LogP contribution in [-0.4, -0.2) is 29.3 Å². The van der Waals surface area contributed by atoms with Gasteiger partial charge < -0.3 is 9.64 Å². The van der Waals surface area contributed by atoms with Gasteiger partial charge in [0.2, 0.25) is 5.91 Å². The highest BCUT2D eigenvalue weighted by Gasteiger charge is 2.22. The van der Waals surface area contributed by atoms with Gasteiger partial charge >= 0.3 is 0 Å². The van der Waals surface area contributed by atoms with Crippen LogP contribution in [0.5, 0.6) is 5.75 Å². The summed E-state index contributed by atoms with van der Waals surface area (Å²) < 4.78 is 5.46. The Morgan fingerprint density at radius 3 is 2.68 bits per heavy atom. The summed E-state index contributed by atoms with van der Waals surface area (Å²) >= 11 is 3.44. The quantitative estimate of drug-likeness (QED) is 0.749. The summed E-state index contributed by atoms with van der Waals surface area (Å²) in [7, 11) is 1.83. The molecule has 0 fully saturated rings. The zero-order valence-electron chi connectivity index (χ0n) is 12.0. The third kappa shape index (κ3) is 4.86. The maximum atomic E-state index is 12.1. The van der Waals surface area contributed by atoms with Gasteiger partial charge in [0.1, 0.15) is 5.75 Å². The van der Waals surface area contributed by atoms with Crippen LogP contribution in [0.3, 0.4) is 0 Å². The van der Waals surface area contributed by atoms with Crippen LogP contribution in [0.4, 0.5) is 0 Å². The Kier molecular flexibility index (Phi) is 6.35. The first-order valence-electron chi connectivity index (χ1n) is 6.56. The molecular weight excluding hydrogens is 306 g/mol. The van der Waals surface area contributed by atoms with E-state index in [4.69, 9.17) is 4.74 Å². The molecule has 1 aromatic rings. The second kappa shape index (κ2) is 7.53. The topological polar surface area (TPSA) is 29.5 Å². The van der Waals surface area contributed by atoms with E-state index in [0.29, 0.717) is 13.2 Å². The predicted octanol–water partition coefficient (Wildman–Crippen LogP) is 3.46. The Balaban J connectivity index is 2.68. The molecule has 0 spiro atoms. The van der Waals surface area contributed by atoms with Gasteiger partial charge in [-0.1, -0.05) is 41.9 Å². The highest BCUT2D eigenvalue weighted by molar-refractivity contribution is 9.10. The molecule has 0 saturated carbocycles. The molecule has 1 aromatic carbocycles. The molecule has 0 heterocycles. The van der Waals surface area contributed by atoms with E-state index in [9.17, 15) is 4.79 Å². The Morgan fingerprint density at radius 1 is 1.42 bits per heavy atom. The third-order valence-electron chi connectivity index (χ3n) is 2.83. The van der Waals surface area contributed by atoms with Crippen molar-refractivity contribution in [2.75, 3.05) is 13.7 Å². The maximum absolute atomic E-state index is 12.1. The molecule has 0 N–H and O–H groups in total. The molecule has 0 aliphatic rings. The van der Waals surface area contributed by atoms with Gasteiger partial charge in [-0.25, -0.2) is 0 Å². The highest BCUT2D eigenvalue weighted by atomic mass is 79.9. The fourth-order valence-corrected chi connectivity index (χ4v) is 2.10. The van der Waals surface area contributed by atoms with Crippen LogP contribution in [0.2, 0.25) is 0 Å². The number of halogens is 1. The van der Waals surface area contributed by atoms with Crippen LogP contribution in [0, 0.1) is 5.92 Å². The number of alkyl halides is 1. The fraction of sp³-hybridized carbons (Fsp3) is 0.533. The van der Waals surface area contributed by atoms with Crippen LogP contribution in [-0.2, 0) is 11.3 Å².